The molecule has 25 heavy (non-hydrogen) atoms. The summed E-state index contributed by atoms with van der Waals surface area (Å²) in [6, 6.07) is 5.38. The standard InChI is InChI=1S/C19H31FN4.HI/c1-15-8-9-17(14-18(15)20)16(2)23-19(21-3)22-10-4-5-11-24-12-6-7-13-24;/h8-9,14,16H,4-7,10-13H2,1-3H3,(H2,21,22,23);1H. The fourth-order valence-corrected chi connectivity index (χ4v) is 3.03. The number of halogens is 2. The maximum atomic E-state index is 13.7. The van der Waals surface area contributed by atoms with Gasteiger partial charge in [0.25, 0.3) is 0 Å². The van der Waals surface area contributed by atoms with Gasteiger partial charge in [-0.2, -0.15) is 0 Å². The summed E-state index contributed by atoms with van der Waals surface area (Å²) in [4.78, 5) is 6.80. The Morgan fingerprint density at radius 3 is 2.64 bits per heavy atom. The minimum Gasteiger partial charge on any atom is -0.356 e. The summed E-state index contributed by atoms with van der Waals surface area (Å²) >= 11 is 0. The van der Waals surface area contributed by atoms with Gasteiger partial charge in [0.05, 0.1) is 6.04 Å². The molecule has 1 aromatic rings. The van der Waals surface area contributed by atoms with E-state index in [0.717, 1.165) is 24.5 Å². The van der Waals surface area contributed by atoms with Crippen LogP contribution in [-0.4, -0.2) is 44.1 Å². The van der Waals surface area contributed by atoms with Crippen LogP contribution < -0.4 is 10.6 Å². The highest BCUT2D eigenvalue weighted by Gasteiger charge is 2.11. The van der Waals surface area contributed by atoms with E-state index in [1.54, 1.807) is 20.0 Å². The Balaban J connectivity index is 0.00000312. The summed E-state index contributed by atoms with van der Waals surface area (Å²) in [7, 11) is 1.77. The van der Waals surface area contributed by atoms with Crippen LogP contribution in [0.4, 0.5) is 4.39 Å². The van der Waals surface area contributed by atoms with Gasteiger partial charge >= 0.3 is 0 Å². The second-order valence-corrected chi connectivity index (χ2v) is 6.63. The summed E-state index contributed by atoms with van der Waals surface area (Å²) in [5.41, 5.74) is 1.60. The molecule has 2 N–H and O–H groups in total. The molecule has 0 spiro atoms. The maximum Gasteiger partial charge on any atom is 0.191 e. The summed E-state index contributed by atoms with van der Waals surface area (Å²) in [5, 5.41) is 6.67. The number of likely N-dealkylation sites (tertiary alicyclic amines) is 1. The molecule has 2 rings (SSSR count). The van der Waals surface area contributed by atoms with Gasteiger partial charge in [0, 0.05) is 13.6 Å². The van der Waals surface area contributed by atoms with Gasteiger partial charge in [-0.25, -0.2) is 4.39 Å². The van der Waals surface area contributed by atoms with Crippen molar-refractivity contribution < 1.29 is 4.39 Å². The van der Waals surface area contributed by atoms with Crippen LogP contribution >= 0.6 is 24.0 Å². The van der Waals surface area contributed by atoms with Crippen molar-refractivity contribution in [2.75, 3.05) is 33.2 Å². The highest BCUT2D eigenvalue weighted by atomic mass is 127. The molecule has 1 fully saturated rings. The Bertz CT molecular complexity index is 544. The summed E-state index contributed by atoms with van der Waals surface area (Å²) in [6.45, 7) is 8.43. The number of aryl methyl sites for hydroxylation is 1. The topological polar surface area (TPSA) is 39.7 Å². The molecule has 4 nitrogen and oxygen atoms in total. The Hall–Kier alpha value is -0.890. The Kier molecular flexibility index (Phi) is 10.3. The molecule has 0 bridgehead atoms. The van der Waals surface area contributed by atoms with Gasteiger partial charge in [0.15, 0.2) is 5.96 Å². The zero-order chi connectivity index (χ0) is 17.4. The third kappa shape index (κ3) is 7.48. The second kappa shape index (κ2) is 11.7. The molecule has 1 aliphatic rings. The van der Waals surface area contributed by atoms with Crippen molar-refractivity contribution in [3.8, 4) is 0 Å². The number of benzene rings is 1. The molecule has 6 heteroatoms. The summed E-state index contributed by atoms with van der Waals surface area (Å²) in [5.74, 6) is 0.607. The molecule has 0 aromatic heterocycles. The third-order valence-electron chi connectivity index (χ3n) is 4.66. The molecule has 1 unspecified atom stereocenters. The highest BCUT2D eigenvalue weighted by Crippen LogP contribution is 2.16. The average Bonchev–Trinajstić information content (AvgIpc) is 3.09. The van der Waals surface area contributed by atoms with Gasteiger partial charge in [0.1, 0.15) is 5.82 Å². The maximum absolute atomic E-state index is 13.7. The first-order valence-electron chi connectivity index (χ1n) is 9.05. The lowest BCUT2D eigenvalue weighted by Crippen LogP contribution is -2.39. The molecule has 1 saturated heterocycles. The van der Waals surface area contributed by atoms with E-state index in [0.29, 0.717) is 5.56 Å². The number of guanidine groups is 1. The van der Waals surface area contributed by atoms with Crippen LogP contribution in [0, 0.1) is 12.7 Å². The molecule has 0 aliphatic carbocycles. The molecule has 142 valence electrons. The van der Waals surface area contributed by atoms with Crippen molar-refractivity contribution >= 4 is 29.9 Å². The van der Waals surface area contributed by atoms with Crippen LogP contribution in [0.2, 0.25) is 0 Å². The van der Waals surface area contributed by atoms with Crippen LogP contribution in [0.3, 0.4) is 0 Å². The first-order valence-corrected chi connectivity index (χ1v) is 9.05. The zero-order valence-corrected chi connectivity index (χ0v) is 18.0. The number of hydrogen-bond donors (Lipinski definition) is 2. The monoisotopic (exact) mass is 462 g/mol. The molecule has 1 atom stereocenters. The number of rotatable bonds is 7. The lowest BCUT2D eigenvalue weighted by molar-refractivity contribution is 0.330. The largest absolute Gasteiger partial charge is 0.356 e. The van der Waals surface area contributed by atoms with Gasteiger partial charge in [-0.05, 0) is 76.4 Å². The van der Waals surface area contributed by atoms with E-state index in [9.17, 15) is 4.39 Å². The van der Waals surface area contributed by atoms with E-state index in [4.69, 9.17) is 0 Å². The fraction of sp³-hybridized carbons (Fsp3) is 0.632. The smallest absolute Gasteiger partial charge is 0.191 e. The van der Waals surface area contributed by atoms with Gasteiger partial charge in [-0.1, -0.05) is 12.1 Å². The predicted octanol–water partition coefficient (Wildman–Crippen LogP) is 3.85. The lowest BCUT2D eigenvalue weighted by Gasteiger charge is -2.19. The summed E-state index contributed by atoms with van der Waals surface area (Å²) < 4.78 is 13.7. The van der Waals surface area contributed by atoms with Gasteiger partial charge < -0.3 is 15.5 Å². The van der Waals surface area contributed by atoms with Crippen LogP contribution in [0.1, 0.15) is 49.8 Å². The van der Waals surface area contributed by atoms with Crippen LogP contribution in [0.25, 0.3) is 0 Å². The van der Waals surface area contributed by atoms with Crippen LogP contribution in [-0.2, 0) is 0 Å². The fourth-order valence-electron chi connectivity index (χ4n) is 3.03. The highest BCUT2D eigenvalue weighted by molar-refractivity contribution is 14.0. The first-order chi connectivity index (χ1) is 11.6. The quantitative estimate of drug-likeness (QED) is 0.280. The number of aliphatic imine (C=N–C) groups is 1. The van der Waals surface area contributed by atoms with Crippen molar-refractivity contribution in [3.63, 3.8) is 0 Å². The van der Waals surface area contributed by atoms with Gasteiger partial charge in [-0.3, -0.25) is 4.99 Å². The molecular weight excluding hydrogens is 430 g/mol. The SMILES string of the molecule is CN=C(NCCCCN1CCCC1)NC(C)c1ccc(C)c(F)c1.I. The zero-order valence-electron chi connectivity index (χ0n) is 15.6. The van der Waals surface area contributed by atoms with E-state index in [1.165, 1.54) is 38.9 Å². The normalized spacial score (nSPS) is 16.4. The Morgan fingerprint density at radius 1 is 1.28 bits per heavy atom. The molecule has 1 heterocycles. The van der Waals surface area contributed by atoms with Crippen LogP contribution in [0.5, 0.6) is 0 Å². The Labute approximate surface area is 168 Å². The minimum absolute atomic E-state index is 0. The van der Waals surface area contributed by atoms with E-state index in [-0.39, 0.29) is 35.8 Å². The Morgan fingerprint density at radius 2 is 2.00 bits per heavy atom. The minimum atomic E-state index is -0.161. The molecule has 0 amide bonds. The van der Waals surface area contributed by atoms with Gasteiger partial charge in [-0.15, -0.1) is 24.0 Å². The third-order valence-corrected chi connectivity index (χ3v) is 4.66. The molecule has 1 aromatic carbocycles. The lowest BCUT2D eigenvalue weighted by atomic mass is 10.1. The molecule has 1 aliphatic heterocycles. The van der Waals surface area contributed by atoms with Crippen molar-refractivity contribution in [2.45, 2.75) is 45.6 Å². The molecule has 0 saturated carbocycles. The molecular formula is C19H32FIN4. The van der Waals surface area contributed by atoms with Gasteiger partial charge in [0.2, 0.25) is 0 Å². The molecule has 0 radical (unpaired) electrons. The van der Waals surface area contributed by atoms with Crippen molar-refractivity contribution in [3.05, 3.63) is 35.1 Å². The number of hydrogen-bond acceptors (Lipinski definition) is 2. The van der Waals surface area contributed by atoms with E-state index in [2.05, 4.69) is 20.5 Å². The predicted molar refractivity (Wildman–Crippen MR) is 114 cm³/mol. The van der Waals surface area contributed by atoms with E-state index < -0.39 is 0 Å². The van der Waals surface area contributed by atoms with E-state index in [1.807, 2.05) is 19.1 Å². The number of nitrogens with zero attached hydrogens (tertiary/aromatic N) is 2. The average molecular weight is 462 g/mol. The number of nitrogens with one attached hydrogen (secondary N) is 2. The number of unbranched alkanes of at least 4 members (excludes halogenated alkanes) is 1. The summed E-state index contributed by atoms with van der Waals surface area (Å²) in [6.07, 6.45) is 5.05. The van der Waals surface area contributed by atoms with E-state index >= 15 is 0 Å². The second-order valence-electron chi connectivity index (χ2n) is 6.63. The first kappa shape index (κ1) is 22.2. The van der Waals surface area contributed by atoms with Crippen molar-refractivity contribution in [2.24, 2.45) is 4.99 Å². The van der Waals surface area contributed by atoms with Crippen molar-refractivity contribution in [1.82, 2.24) is 15.5 Å². The van der Waals surface area contributed by atoms with Crippen molar-refractivity contribution in [1.29, 1.82) is 0 Å². The van der Waals surface area contributed by atoms with Crippen LogP contribution in [0.15, 0.2) is 23.2 Å².